The highest BCUT2D eigenvalue weighted by Gasteiger charge is 2.39. The zero-order chi connectivity index (χ0) is 29.0. The van der Waals surface area contributed by atoms with Gasteiger partial charge in [0.1, 0.15) is 23.7 Å². The van der Waals surface area contributed by atoms with Crippen molar-refractivity contribution in [2.24, 2.45) is 0 Å². The molecule has 216 valence electrons. The van der Waals surface area contributed by atoms with Crippen LogP contribution < -0.4 is 20.1 Å². The van der Waals surface area contributed by atoms with Gasteiger partial charge in [0, 0.05) is 13.0 Å². The monoisotopic (exact) mass is 578 g/mol. The van der Waals surface area contributed by atoms with E-state index in [-0.39, 0.29) is 29.9 Å². The summed E-state index contributed by atoms with van der Waals surface area (Å²) >= 11 is 0. The highest BCUT2D eigenvalue weighted by atomic mass is 32.3. The Labute approximate surface area is 231 Å². The first-order chi connectivity index (χ1) is 19.0. The van der Waals surface area contributed by atoms with E-state index in [1.54, 1.807) is 26.1 Å². The normalized spacial score (nSPS) is 19.9. The molecule has 0 aromatic heterocycles. The number of fused-ring (bicyclic) bond motifs is 1. The fourth-order valence-electron chi connectivity index (χ4n) is 5.19. The van der Waals surface area contributed by atoms with Gasteiger partial charge >= 0.3 is 10.5 Å². The number of carbonyl (C=O) groups excluding carboxylic acids is 3. The van der Waals surface area contributed by atoms with Crippen molar-refractivity contribution in [3.63, 3.8) is 0 Å². The molecule has 3 amide bonds. The fraction of sp³-hybridized carbons (Fsp3) is 0.444. The quantitative estimate of drug-likeness (QED) is 0.367. The van der Waals surface area contributed by atoms with Gasteiger partial charge in [-0.25, -0.2) is 4.39 Å². The number of rotatable bonds is 10. The van der Waals surface area contributed by atoms with E-state index in [1.165, 1.54) is 35.2 Å². The number of nitrogens with zero attached hydrogens (tertiary/aromatic N) is 1. The van der Waals surface area contributed by atoms with Crippen molar-refractivity contribution in [2.75, 3.05) is 13.6 Å². The number of likely N-dealkylation sites (tertiary alicyclic amines) is 1. The molecule has 2 aromatic carbocycles. The maximum Gasteiger partial charge on any atom is 0.488 e. The lowest BCUT2D eigenvalue weighted by Gasteiger charge is -2.30. The van der Waals surface area contributed by atoms with E-state index in [2.05, 4.69) is 20.1 Å². The summed E-state index contributed by atoms with van der Waals surface area (Å²) in [6, 6.07) is 7.46. The number of hydrogen-bond donors (Lipinski definition) is 3. The van der Waals surface area contributed by atoms with Gasteiger partial charge in [0.25, 0.3) is 0 Å². The van der Waals surface area contributed by atoms with Gasteiger partial charge in [0.15, 0.2) is 0 Å². The van der Waals surface area contributed by atoms with Gasteiger partial charge in [-0.05, 0) is 74.5 Å². The van der Waals surface area contributed by atoms with E-state index in [0.717, 1.165) is 5.56 Å². The van der Waals surface area contributed by atoms with Crippen LogP contribution in [0.4, 0.5) is 8.28 Å². The summed E-state index contributed by atoms with van der Waals surface area (Å²) in [7, 11) is -3.59. The number of halogens is 2. The number of benzene rings is 2. The molecule has 3 N–H and O–H groups in total. The molecule has 1 aliphatic heterocycles. The Kier molecular flexibility index (Phi) is 9.04. The largest absolute Gasteiger partial charge is 0.488 e. The Hall–Kier alpha value is -3.58. The smallest absolute Gasteiger partial charge is 0.358 e. The topological polar surface area (TPSA) is 134 Å². The molecule has 0 radical (unpaired) electrons. The van der Waals surface area contributed by atoms with Crippen LogP contribution in [0, 0.1) is 5.82 Å². The summed E-state index contributed by atoms with van der Waals surface area (Å²) in [6.45, 7) is 1.96. The summed E-state index contributed by atoms with van der Waals surface area (Å²) in [5.74, 6) is -1.75. The number of hydrogen-bond acceptors (Lipinski definition) is 7. The molecular formula is C27H32F2N4O6S. The molecule has 0 spiro atoms. The van der Waals surface area contributed by atoms with Crippen molar-refractivity contribution in [1.29, 1.82) is 0 Å². The first-order valence-electron chi connectivity index (χ1n) is 13.1. The molecule has 2 aromatic rings. The minimum Gasteiger partial charge on any atom is -0.358 e. The third kappa shape index (κ3) is 6.94. The third-order valence-electron chi connectivity index (χ3n) is 7.37. The molecule has 1 saturated heterocycles. The van der Waals surface area contributed by atoms with Gasteiger partial charge in [-0.3, -0.25) is 14.4 Å². The SMILES string of the molecule is CN[C@@H](C)C(=O)N[C@@H](Cc1ccc(OS(=O)(=O)F)cc1)C(=O)N1CCC[C@H]1C(=O)N[C@@H]1CCc2c(F)cccc21. The van der Waals surface area contributed by atoms with Gasteiger partial charge < -0.3 is 25.0 Å². The second kappa shape index (κ2) is 12.3. The Morgan fingerprint density at radius 1 is 1.12 bits per heavy atom. The Morgan fingerprint density at radius 3 is 2.52 bits per heavy atom. The van der Waals surface area contributed by atoms with Crippen molar-refractivity contribution in [3.05, 3.63) is 65.0 Å². The van der Waals surface area contributed by atoms with E-state index < -0.39 is 40.4 Å². The second-order valence-electron chi connectivity index (χ2n) is 9.99. The maximum atomic E-state index is 14.2. The van der Waals surface area contributed by atoms with Crippen LogP contribution >= 0.6 is 0 Å². The van der Waals surface area contributed by atoms with Crippen LogP contribution in [-0.4, -0.2) is 62.8 Å². The molecule has 2 aliphatic rings. The molecule has 10 nitrogen and oxygen atoms in total. The highest BCUT2D eigenvalue weighted by Crippen LogP contribution is 2.33. The van der Waals surface area contributed by atoms with Crippen LogP contribution in [0.1, 0.15) is 48.9 Å². The summed E-state index contributed by atoms with van der Waals surface area (Å²) in [4.78, 5) is 41.3. The molecule has 0 saturated carbocycles. The average molecular weight is 579 g/mol. The van der Waals surface area contributed by atoms with Crippen LogP contribution in [0.15, 0.2) is 42.5 Å². The maximum absolute atomic E-state index is 14.2. The second-order valence-corrected chi connectivity index (χ2v) is 10.9. The highest BCUT2D eigenvalue weighted by molar-refractivity contribution is 7.81. The molecule has 1 fully saturated rings. The van der Waals surface area contributed by atoms with Gasteiger partial charge in [-0.2, -0.15) is 8.42 Å². The van der Waals surface area contributed by atoms with Crippen LogP contribution in [-0.2, 0) is 37.7 Å². The van der Waals surface area contributed by atoms with Gasteiger partial charge in [0.05, 0.1) is 12.1 Å². The Bertz CT molecular complexity index is 1370. The van der Waals surface area contributed by atoms with Crippen molar-refractivity contribution < 1.29 is 35.3 Å². The summed E-state index contributed by atoms with van der Waals surface area (Å²) in [5, 5.41) is 8.54. The molecule has 0 bridgehead atoms. The minimum absolute atomic E-state index is 0.0315. The molecule has 40 heavy (non-hydrogen) atoms. The van der Waals surface area contributed by atoms with Crippen molar-refractivity contribution in [3.8, 4) is 5.75 Å². The first kappa shape index (κ1) is 29.4. The molecule has 4 rings (SSSR count). The Morgan fingerprint density at radius 2 is 1.85 bits per heavy atom. The van der Waals surface area contributed by atoms with E-state index in [0.29, 0.717) is 43.4 Å². The lowest BCUT2D eigenvalue weighted by Crippen LogP contribution is -2.56. The molecular weight excluding hydrogens is 546 g/mol. The minimum atomic E-state index is -5.19. The van der Waals surface area contributed by atoms with E-state index in [1.807, 2.05) is 0 Å². The van der Waals surface area contributed by atoms with E-state index in [4.69, 9.17) is 0 Å². The Balaban J connectivity index is 1.50. The third-order valence-corrected chi connectivity index (χ3v) is 7.76. The summed E-state index contributed by atoms with van der Waals surface area (Å²) in [5.41, 5.74) is 1.88. The summed E-state index contributed by atoms with van der Waals surface area (Å²) in [6.07, 6.45) is 2.14. The lowest BCUT2D eigenvalue weighted by atomic mass is 10.0. The average Bonchev–Trinajstić information content (AvgIpc) is 3.56. The van der Waals surface area contributed by atoms with Crippen LogP contribution in [0.3, 0.4) is 0 Å². The molecule has 0 unspecified atom stereocenters. The number of amides is 3. The van der Waals surface area contributed by atoms with Gasteiger partial charge in [-0.15, -0.1) is 0 Å². The molecule has 1 heterocycles. The standard InChI is InChI=1S/C27H32F2N4O6S/c1-16(30-2)25(34)32-23(15-17-8-10-18(11-9-17)39-40(29,37)38)27(36)33-14-4-7-24(33)26(35)31-22-13-12-19-20(22)5-3-6-21(19)28/h3,5-6,8-11,16,22-24,30H,4,7,12-15H2,1-2H3,(H,31,35)(H,32,34)/t16-,22+,23-,24-/m0/s1. The van der Waals surface area contributed by atoms with Crippen molar-refractivity contribution in [2.45, 2.75) is 63.2 Å². The number of nitrogens with one attached hydrogen (secondary N) is 3. The van der Waals surface area contributed by atoms with Crippen molar-refractivity contribution >= 4 is 28.2 Å². The molecule has 1 aliphatic carbocycles. The zero-order valence-corrected chi connectivity index (χ0v) is 23.0. The van der Waals surface area contributed by atoms with Crippen LogP contribution in [0.5, 0.6) is 5.75 Å². The predicted octanol–water partition coefficient (Wildman–Crippen LogP) is 1.85. The van der Waals surface area contributed by atoms with Crippen LogP contribution in [0.2, 0.25) is 0 Å². The zero-order valence-electron chi connectivity index (χ0n) is 22.2. The predicted molar refractivity (Wildman–Crippen MR) is 142 cm³/mol. The molecule has 13 heteroatoms. The van der Waals surface area contributed by atoms with Gasteiger partial charge in [-0.1, -0.05) is 28.2 Å². The summed E-state index contributed by atoms with van der Waals surface area (Å²) < 4.78 is 52.7. The van der Waals surface area contributed by atoms with Crippen molar-refractivity contribution in [1.82, 2.24) is 20.9 Å². The first-order valence-corrected chi connectivity index (χ1v) is 14.4. The number of carbonyl (C=O) groups is 3. The van der Waals surface area contributed by atoms with E-state index in [9.17, 15) is 31.1 Å². The van der Waals surface area contributed by atoms with Crippen LogP contribution in [0.25, 0.3) is 0 Å². The number of likely N-dealkylation sites (N-methyl/N-ethyl adjacent to an activating group) is 1. The van der Waals surface area contributed by atoms with E-state index >= 15 is 0 Å². The fourth-order valence-corrected chi connectivity index (χ4v) is 5.53. The van der Waals surface area contributed by atoms with Gasteiger partial charge in [0.2, 0.25) is 17.7 Å². The lowest BCUT2D eigenvalue weighted by molar-refractivity contribution is -0.141. The molecule has 4 atom stereocenters.